The number of carboxylic acid groups (broad SMARTS) is 1. The molecule has 2 saturated heterocycles. The van der Waals surface area contributed by atoms with Gasteiger partial charge in [0.1, 0.15) is 11.9 Å². The third-order valence-corrected chi connectivity index (χ3v) is 6.65. The number of likely N-dealkylation sites (tertiary alicyclic amines) is 1. The Labute approximate surface area is 164 Å². The topological polar surface area (TPSA) is 64.1 Å². The lowest BCUT2D eigenvalue weighted by molar-refractivity contribution is -0.144. The summed E-state index contributed by atoms with van der Waals surface area (Å²) in [7, 11) is 0. The molecule has 6 nitrogen and oxygen atoms in total. The third-order valence-electron chi connectivity index (χ3n) is 6.65. The number of halogens is 1. The molecule has 3 fully saturated rings. The summed E-state index contributed by atoms with van der Waals surface area (Å²) in [5, 5.41) is 9.63. The molecular formula is C21H28FN3O3. The second-order valence-corrected chi connectivity index (χ2v) is 8.19. The summed E-state index contributed by atoms with van der Waals surface area (Å²) in [4.78, 5) is 30.3. The Hall–Kier alpha value is -2.15. The number of fused-ring (bicyclic) bond motifs is 1. The van der Waals surface area contributed by atoms with Gasteiger partial charge < -0.3 is 14.9 Å². The van der Waals surface area contributed by atoms with Crippen molar-refractivity contribution in [2.24, 2.45) is 5.92 Å². The molecule has 1 aliphatic carbocycles. The van der Waals surface area contributed by atoms with Gasteiger partial charge in [0, 0.05) is 32.2 Å². The van der Waals surface area contributed by atoms with E-state index in [0.717, 1.165) is 25.7 Å². The van der Waals surface area contributed by atoms with Crippen molar-refractivity contribution in [2.75, 3.05) is 37.6 Å². The molecule has 28 heavy (non-hydrogen) atoms. The fourth-order valence-corrected chi connectivity index (χ4v) is 5.18. The Balaban J connectivity index is 1.37. The van der Waals surface area contributed by atoms with E-state index in [9.17, 15) is 19.1 Å². The van der Waals surface area contributed by atoms with Gasteiger partial charge in [-0.2, -0.15) is 0 Å². The summed E-state index contributed by atoms with van der Waals surface area (Å²) in [6.07, 6.45) is 4.99. The van der Waals surface area contributed by atoms with Crippen molar-refractivity contribution in [2.45, 2.75) is 44.2 Å². The number of piperazine rings is 1. The van der Waals surface area contributed by atoms with Gasteiger partial charge in [-0.15, -0.1) is 0 Å². The van der Waals surface area contributed by atoms with Crippen molar-refractivity contribution in [3.05, 3.63) is 30.1 Å². The summed E-state index contributed by atoms with van der Waals surface area (Å²) in [6, 6.07) is 6.38. The number of hydrogen-bond acceptors (Lipinski definition) is 4. The first-order chi connectivity index (χ1) is 13.5. The number of hydrogen-bond donors (Lipinski definition) is 1. The van der Waals surface area contributed by atoms with Crippen LogP contribution in [-0.4, -0.2) is 71.6 Å². The minimum Gasteiger partial charge on any atom is -0.480 e. The third kappa shape index (κ3) is 3.72. The van der Waals surface area contributed by atoms with Crippen molar-refractivity contribution in [1.29, 1.82) is 0 Å². The molecule has 0 bridgehead atoms. The predicted molar refractivity (Wildman–Crippen MR) is 104 cm³/mol. The number of amides is 1. The van der Waals surface area contributed by atoms with Crippen molar-refractivity contribution in [1.82, 2.24) is 9.80 Å². The smallest absolute Gasteiger partial charge is 0.320 e. The van der Waals surface area contributed by atoms with Crippen LogP contribution in [0.15, 0.2) is 24.3 Å². The highest BCUT2D eigenvalue weighted by molar-refractivity contribution is 5.80. The number of anilines is 1. The Morgan fingerprint density at radius 2 is 1.79 bits per heavy atom. The average molecular weight is 389 g/mol. The number of rotatable bonds is 4. The van der Waals surface area contributed by atoms with Crippen molar-refractivity contribution in [3.8, 4) is 0 Å². The monoisotopic (exact) mass is 389 g/mol. The second kappa shape index (κ2) is 8.07. The molecule has 1 aromatic carbocycles. The van der Waals surface area contributed by atoms with Crippen LogP contribution in [0, 0.1) is 11.7 Å². The zero-order chi connectivity index (χ0) is 19.7. The fraction of sp³-hybridized carbons (Fsp3) is 0.619. The number of carbonyl (C=O) groups is 2. The number of carbonyl (C=O) groups excluding carboxylic acids is 1. The van der Waals surface area contributed by atoms with Crippen LogP contribution < -0.4 is 4.90 Å². The Morgan fingerprint density at radius 3 is 2.50 bits per heavy atom. The molecule has 1 amide bonds. The van der Waals surface area contributed by atoms with Gasteiger partial charge in [0.2, 0.25) is 5.91 Å². The molecule has 0 aromatic heterocycles. The average Bonchev–Trinajstić information content (AvgIpc) is 3.07. The van der Waals surface area contributed by atoms with Gasteiger partial charge in [0.05, 0.1) is 12.2 Å². The van der Waals surface area contributed by atoms with Gasteiger partial charge in [-0.3, -0.25) is 14.5 Å². The molecule has 1 N–H and O–H groups in total. The first-order valence-electron chi connectivity index (χ1n) is 10.3. The number of carboxylic acids is 1. The molecule has 2 heterocycles. The Bertz CT molecular complexity index is 735. The van der Waals surface area contributed by atoms with Crippen LogP contribution >= 0.6 is 0 Å². The van der Waals surface area contributed by atoms with Gasteiger partial charge in [-0.05, 0) is 37.3 Å². The molecule has 1 saturated carbocycles. The second-order valence-electron chi connectivity index (χ2n) is 8.19. The van der Waals surface area contributed by atoms with E-state index >= 15 is 0 Å². The molecule has 152 valence electrons. The highest BCUT2D eigenvalue weighted by Gasteiger charge is 2.46. The molecule has 7 heteroatoms. The molecule has 3 unspecified atom stereocenters. The molecule has 0 radical (unpaired) electrons. The number of nitrogens with zero attached hydrogens (tertiary/aromatic N) is 3. The van der Waals surface area contributed by atoms with Crippen molar-refractivity contribution < 1.29 is 19.1 Å². The van der Waals surface area contributed by atoms with Gasteiger partial charge in [0.25, 0.3) is 0 Å². The first-order valence-corrected chi connectivity index (χ1v) is 10.3. The molecular weight excluding hydrogens is 361 g/mol. The molecule has 3 atom stereocenters. The molecule has 4 rings (SSSR count). The zero-order valence-electron chi connectivity index (χ0n) is 16.1. The lowest BCUT2D eigenvalue weighted by atomic mass is 9.85. The van der Waals surface area contributed by atoms with Gasteiger partial charge >= 0.3 is 5.97 Å². The summed E-state index contributed by atoms with van der Waals surface area (Å²) in [6.45, 7) is 2.42. The number of benzene rings is 1. The minimum absolute atomic E-state index is 0.00865. The van der Waals surface area contributed by atoms with Crippen LogP contribution in [0.5, 0.6) is 0 Å². The van der Waals surface area contributed by atoms with Gasteiger partial charge in [-0.25, -0.2) is 4.39 Å². The van der Waals surface area contributed by atoms with Crippen LogP contribution in [0.25, 0.3) is 0 Å². The highest BCUT2D eigenvalue weighted by Crippen LogP contribution is 2.39. The Kier molecular flexibility index (Phi) is 5.53. The summed E-state index contributed by atoms with van der Waals surface area (Å²) < 4.78 is 14.0. The Morgan fingerprint density at radius 1 is 1.07 bits per heavy atom. The standard InChI is InChI=1S/C21H28FN3O3/c22-16-6-2-4-8-18(16)23-9-11-24(12-10-23)20(26)14-25-17-7-3-1-5-15(17)13-19(25)21(27)28/h2,4,6,8,15,17,19H,1,3,5,7,9-14H2,(H,27,28). The SMILES string of the molecule is O=C(O)C1CC2CCCCC2N1CC(=O)N1CCN(c2ccccc2F)CC1. The van der Waals surface area contributed by atoms with E-state index in [0.29, 0.717) is 44.2 Å². The fourth-order valence-electron chi connectivity index (χ4n) is 5.18. The van der Waals surface area contributed by atoms with Crippen LogP contribution in [0.3, 0.4) is 0 Å². The van der Waals surface area contributed by atoms with E-state index < -0.39 is 12.0 Å². The van der Waals surface area contributed by atoms with Crippen LogP contribution in [0.1, 0.15) is 32.1 Å². The van der Waals surface area contributed by atoms with E-state index in [1.54, 1.807) is 17.0 Å². The zero-order valence-corrected chi connectivity index (χ0v) is 16.1. The molecule has 3 aliphatic rings. The van der Waals surface area contributed by atoms with Gasteiger partial charge in [-0.1, -0.05) is 25.0 Å². The molecule has 2 aliphatic heterocycles. The minimum atomic E-state index is -0.813. The molecule has 1 aromatic rings. The normalized spacial score (nSPS) is 28.2. The van der Waals surface area contributed by atoms with E-state index in [1.165, 1.54) is 6.07 Å². The van der Waals surface area contributed by atoms with E-state index in [2.05, 4.69) is 0 Å². The largest absolute Gasteiger partial charge is 0.480 e. The maximum atomic E-state index is 14.0. The predicted octanol–water partition coefficient (Wildman–Crippen LogP) is 2.19. The number of para-hydroxylation sites is 1. The highest BCUT2D eigenvalue weighted by atomic mass is 19.1. The van der Waals surface area contributed by atoms with Crippen molar-refractivity contribution >= 4 is 17.6 Å². The lowest BCUT2D eigenvalue weighted by Crippen LogP contribution is -2.53. The summed E-state index contributed by atoms with van der Waals surface area (Å²) in [5.41, 5.74) is 0.574. The molecule has 0 spiro atoms. The van der Waals surface area contributed by atoms with E-state index in [-0.39, 0.29) is 24.3 Å². The van der Waals surface area contributed by atoms with Crippen LogP contribution in [0.4, 0.5) is 10.1 Å². The summed E-state index contributed by atoms with van der Waals surface area (Å²) in [5.74, 6) is -0.662. The van der Waals surface area contributed by atoms with Crippen LogP contribution in [0.2, 0.25) is 0 Å². The lowest BCUT2D eigenvalue weighted by Gasteiger charge is -2.38. The van der Waals surface area contributed by atoms with E-state index in [1.807, 2.05) is 15.9 Å². The maximum Gasteiger partial charge on any atom is 0.320 e. The van der Waals surface area contributed by atoms with Crippen molar-refractivity contribution in [3.63, 3.8) is 0 Å². The number of aliphatic carboxylic acids is 1. The van der Waals surface area contributed by atoms with E-state index in [4.69, 9.17) is 0 Å². The van der Waals surface area contributed by atoms with Gasteiger partial charge in [0.15, 0.2) is 0 Å². The quantitative estimate of drug-likeness (QED) is 0.855. The first kappa shape index (κ1) is 19.2. The summed E-state index contributed by atoms with van der Waals surface area (Å²) >= 11 is 0. The maximum absolute atomic E-state index is 14.0. The van der Waals surface area contributed by atoms with Crippen LogP contribution in [-0.2, 0) is 9.59 Å².